The average Bonchev–Trinajstić information content (AvgIpc) is 3.01. The van der Waals surface area contributed by atoms with E-state index in [1.54, 1.807) is 19.1 Å². The van der Waals surface area contributed by atoms with E-state index in [0.29, 0.717) is 25.1 Å². The zero-order valence-electron chi connectivity index (χ0n) is 15.6. The summed E-state index contributed by atoms with van der Waals surface area (Å²) in [5.74, 6) is 0.949. The molecular formula is C21H23N3O3. The summed E-state index contributed by atoms with van der Waals surface area (Å²) in [6.45, 7) is 2.95. The maximum absolute atomic E-state index is 12.9. The zero-order chi connectivity index (χ0) is 19.0. The number of ether oxygens (including phenoxy) is 1. The van der Waals surface area contributed by atoms with Crippen molar-refractivity contribution in [2.45, 2.75) is 6.42 Å². The monoisotopic (exact) mass is 365 g/mol. The third-order valence-corrected chi connectivity index (χ3v) is 5.41. The number of hydrogen-bond acceptors (Lipinski definition) is 4. The van der Waals surface area contributed by atoms with Crippen LogP contribution in [0.4, 0.5) is 11.4 Å². The molecule has 2 aliphatic rings. The molecule has 4 rings (SSSR count). The van der Waals surface area contributed by atoms with Gasteiger partial charge in [-0.2, -0.15) is 0 Å². The molecule has 0 atom stereocenters. The average molecular weight is 365 g/mol. The molecular weight excluding hydrogens is 342 g/mol. The van der Waals surface area contributed by atoms with Gasteiger partial charge >= 0.3 is 0 Å². The summed E-state index contributed by atoms with van der Waals surface area (Å²) in [6.07, 6.45) is 0.373. The number of benzene rings is 2. The van der Waals surface area contributed by atoms with E-state index in [2.05, 4.69) is 4.90 Å². The molecule has 0 unspecified atom stereocenters. The molecule has 140 valence electrons. The first-order valence-corrected chi connectivity index (χ1v) is 9.14. The molecule has 0 saturated carbocycles. The van der Waals surface area contributed by atoms with Crippen molar-refractivity contribution in [3.63, 3.8) is 0 Å². The highest BCUT2D eigenvalue weighted by atomic mass is 16.5. The summed E-state index contributed by atoms with van der Waals surface area (Å²) in [7, 11) is 3.43. The summed E-state index contributed by atoms with van der Waals surface area (Å²) in [4.78, 5) is 30.5. The van der Waals surface area contributed by atoms with Crippen LogP contribution >= 0.6 is 0 Å². The van der Waals surface area contributed by atoms with Crippen LogP contribution in [0.25, 0.3) is 0 Å². The van der Waals surface area contributed by atoms with Crippen molar-refractivity contribution in [1.29, 1.82) is 0 Å². The lowest BCUT2D eigenvalue weighted by molar-refractivity contribution is -0.117. The highest BCUT2D eigenvalue weighted by molar-refractivity contribution is 6.03. The van der Waals surface area contributed by atoms with E-state index >= 15 is 0 Å². The van der Waals surface area contributed by atoms with Crippen LogP contribution in [0.2, 0.25) is 0 Å². The number of methoxy groups -OCH3 is 1. The highest BCUT2D eigenvalue weighted by Crippen LogP contribution is 2.29. The molecule has 0 aliphatic carbocycles. The maximum atomic E-state index is 12.9. The summed E-state index contributed by atoms with van der Waals surface area (Å²) in [5.41, 5.74) is 3.64. The number of carbonyl (C=O) groups is 2. The molecule has 0 aromatic heterocycles. The number of fused-ring (bicyclic) bond motifs is 1. The fourth-order valence-corrected chi connectivity index (χ4v) is 3.75. The number of rotatable bonds is 3. The Bertz CT molecular complexity index is 871. The zero-order valence-corrected chi connectivity index (χ0v) is 15.6. The molecule has 27 heavy (non-hydrogen) atoms. The van der Waals surface area contributed by atoms with Gasteiger partial charge < -0.3 is 19.4 Å². The van der Waals surface area contributed by atoms with E-state index in [9.17, 15) is 9.59 Å². The Morgan fingerprint density at radius 1 is 1.00 bits per heavy atom. The summed E-state index contributed by atoms with van der Waals surface area (Å²) >= 11 is 0. The van der Waals surface area contributed by atoms with Crippen molar-refractivity contribution in [1.82, 2.24) is 4.90 Å². The van der Waals surface area contributed by atoms with Crippen molar-refractivity contribution in [2.24, 2.45) is 0 Å². The fourth-order valence-electron chi connectivity index (χ4n) is 3.75. The van der Waals surface area contributed by atoms with E-state index in [-0.39, 0.29) is 11.8 Å². The molecule has 2 amide bonds. The van der Waals surface area contributed by atoms with Gasteiger partial charge in [0.05, 0.1) is 13.5 Å². The largest absolute Gasteiger partial charge is 0.497 e. The van der Waals surface area contributed by atoms with Crippen molar-refractivity contribution in [3.05, 3.63) is 53.6 Å². The van der Waals surface area contributed by atoms with Crippen LogP contribution in [-0.2, 0) is 11.2 Å². The number of piperazine rings is 1. The van der Waals surface area contributed by atoms with Crippen molar-refractivity contribution in [2.75, 3.05) is 50.1 Å². The molecule has 2 aromatic carbocycles. The molecule has 6 heteroatoms. The van der Waals surface area contributed by atoms with Crippen LogP contribution in [0.3, 0.4) is 0 Å². The van der Waals surface area contributed by atoms with Crippen LogP contribution in [0.5, 0.6) is 5.75 Å². The number of nitrogens with zero attached hydrogens (tertiary/aromatic N) is 3. The number of carbonyl (C=O) groups excluding carboxylic acids is 2. The Labute approximate surface area is 158 Å². The standard InChI is InChI=1S/C21H23N3O3/c1-22-19-8-3-15(13-16(19)14-20(22)25)21(26)24-11-9-23(10-12-24)17-4-6-18(27-2)7-5-17/h3-8,13H,9-12,14H2,1-2H3. The lowest BCUT2D eigenvalue weighted by Gasteiger charge is -2.36. The fraction of sp³-hybridized carbons (Fsp3) is 0.333. The van der Waals surface area contributed by atoms with Crippen LogP contribution in [0.15, 0.2) is 42.5 Å². The van der Waals surface area contributed by atoms with Gasteiger partial charge in [0.25, 0.3) is 5.91 Å². The van der Waals surface area contributed by atoms with Gasteiger partial charge in [0, 0.05) is 50.2 Å². The second-order valence-electron chi connectivity index (χ2n) is 6.95. The Morgan fingerprint density at radius 3 is 2.37 bits per heavy atom. The third kappa shape index (κ3) is 3.23. The lowest BCUT2D eigenvalue weighted by atomic mass is 10.1. The van der Waals surface area contributed by atoms with E-state index in [4.69, 9.17) is 4.74 Å². The van der Waals surface area contributed by atoms with Crippen molar-refractivity contribution >= 4 is 23.2 Å². The van der Waals surface area contributed by atoms with Gasteiger partial charge in [-0.25, -0.2) is 0 Å². The van der Waals surface area contributed by atoms with Gasteiger partial charge in [-0.05, 0) is 48.0 Å². The minimum Gasteiger partial charge on any atom is -0.497 e. The van der Waals surface area contributed by atoms with E-state index < -0.39 is 0 Å². The highest BCUT2D eigenvalue weighted by Gasteiger charge is 2.27. The molecule has 1 saturated heterocycles. The number of anilines is 2. The predicted octanol–water partition coefficient (Wildman–Crippen LogP) is 2.18. The topological polar surface area (TPSA) is 53.1 Å². The second-order valence-corrected chi connectivity index (χ2v) is 6.95. The Hall–Kier alpha value is -3.02. The summed E-state index contributed by atoms with van der Waals surface area (Å²) in [6, 6.07) is 13.6. The van der Waals surface area contributed by atoms with Crippen LogP contribution in [-0.4, -0.2) is 57.1 Å². The molecule has 2 heterocycles. The molecule has 0 bridgehead atoms. The van der Waals surface area contributed by atoms with Crippen molar-refractivity contribution in [3.8, 4) is 5.75 Å². The molecule has 0 radical (unpaired) electrons. The van der Waals surface area contributed by atoms with Gasteiger partial charge in [0.1, 0.15) is 5.75 Å². The Kier molecular flexibility index (Phi) is 4.48. The normalized spacial score (nSPS) is 16.5. The van der Waals surface area contributed by atoms with Crippen LogP contribution in [0.1, 0.15) is 15.9 Å². The van der Waals surface area contributed by atoms with E-state index in [1.165, 1.54) is 0 Å². The summed E-state index contributed by atoms with van der Waals surface area (Å²) in [5, 5.41) is 0. The minimum atomic E-state index is 0.0363. The first kappa shape index (κ1) is 17.4. The molecule has 6 nitrogen and oxygen atoms in total. The number of likely N-dealkylation sites (N-methyl/N-ethyl adjacent to an activating group) is 1. The van der Waals surface area contributed by atoms with E-state index in [0.717, 1.165) is 35.8 Å². The number of amides is 2. The Balaban J connectivity index is 1.41. The van der Waals surface area contributed by atoms with Crippen molar-refractivity contribution < 1.29 is 14.3 Å². The number of hydrogen-bond donors (Lipinski definition) is 0. The molecule has 2 aromatic rings. The van der Waals surface area contributed by atoms with Crippen LogP contribution < -0.4 is 14.5 Å². The quantitative estimate of drug-likeness (QED) is 0.837. The molecule has 0 spiro atoms. The van der Waals surface area contributed by atoms with Gasteiger partial charge in [0.15, 0.2) is 0 Å². The van der Waals surface area contributed by atoms with Gasteiger partial charge in [-0.3, -0.25) is 9.59 Å². The van der Waals surface area contributed by atoms with E-state index in [1.807, 2.05) is 47.4 Å². The minimum absolute atomic E-state index is 0.0363. The maximum Gasteiger partial charge on any atom is 0.253 e. The Morgan fingerprint density at radius 2 is 1.70 bits per heavy atom. The third-order valence-electron chi connectivity index (χ3n) is 5.41. The molecule has 1 fully saturated rings. The van der Waals surface area contributed by atoms with Crippen LogP contribution in [0, 0.1) is 0 Å². The first-order chi connectivity index (χ1) is 13.1. The van der Waals surface area contributed by atoms with Gasteiger partial charge in [-0.1, -0.05) is 0 Å². The molecule has 0 N–H and O–H groups in total. The van der Waals surface area contributed by atoms with Gasteiger partial charge in [-0.15, -0.1) is 0 Å². The molecule has 2 aliphatic heterocycles. The smallest absolute Gasteiger partial charge is 0.253 e. The predicted molar refractivity (Wildman–Crippen MR) is 105 cm³/mol. The lowest BCUT2D eigenvalue weighted by Crippen LogP contribution is -2.48. The summed E-state index contributed by atoms with van der Waals surface area (Å²) < 4.78 is 5.20. The first-order valence-electron chi connectivity index (χ1n) is 9.14. The SMILES string of the molecule is COc1ccc(N2CCN(C(=O)c3ccc4c(c3)CC(=O)N4C)CC2)cc1. The second kappa shape index (κ2) is 6.95. The van der Waals surface area contributed by atoms with Gasteiger partial charge in [0.2, 0.25) is 5.91 Å².